The number of hydrazine groups is 1. The molecule has 0 radical (unpaired) electrons. The zero-order valence-electron chi connectivity index (χ0n) is 19.1. The molecule has 1 atom stereocenters. The van der Waals surface area contributed by atoms with Crippen LogP contribution in [0.15, 0.2) is 60.7 Å². The molecule has 3 aromatic rings. The van der Waals surface area contributed by atoms with Gasteiger partial charge in [0.1, 0.15) is 17.4 Å². The van der Waals surface area contributed by atoms with Crippen LogP contribution in [0.4, 0.5) is 10.1 Å². The quantitative estimate of drug-likeness (QED) is 0.113. The highest BCUT2D eigenvalue weighted by Crippen LogP contribution is 2.34. The number of fused-ring (bicyclic) bond motifs is 1. The van der Waals surface area contributed by atoms with Crippen LogP contribution in [0.1, 0.15) is 47.9 Å². The van der Waals surface area contributed by atoms with Crippen molar-refractivity contribution in [2.45, 2.75) is 12.5 Å². The number of carbonyl (C=O) groups is 4. The van der Waals surface area contributed by atoms with Crippen LogP contribution in [0.5, 0.6) is 0 Å². The average molecular weight is 579 g/mol. The van der Waals surface area contributed by atoms with Gasteiger partial charge in [-0.3, -0.25) is 29.3 Å². The first-order chi connectivity index (χ1) is 18.1. The number of amides is 3. The molecule has 0 unspecified atom stereocenters. The summed E-state index contributed by atoms with van der Waals surface area (Å²) in [5.41, 5.74) is -1.78. The number of halogens is 4. The van der Waals surface area contributed by atoms with Gasteiger partial charge in [-0.15, -0.1) is 11.6 Å². The fourth-order valence-corrected chi connectivity index (χ4v) is 4.73. The van der Waals surface area contributed by atoms with Crippen molar-refractivity contribution in [2.75, 3.05) is 5.88 Å². The number of ketones is 1. The molecule has 1 aliphatic rings. The van der Waals surface area contributed by atoms with Crippen LogP contribution < -0.4 is 0 Å². The molecule has 0 bridgehead atoms. The number of carbonyl (C=O) groups excluding carboxylic acids is 4. The van der Waals surface area contributed by atoms with E-state index < -0.39 is 51.5 Å². The standard InChI is InChI=1S/C25H15Cl3FN3O6/c26-11-10-20(22(33)13-4-7-15(29)8-5-13)30(23(34)16-9-6-14(27)12-18(16)28)31-24(35)17-2-1-3-19(32(37)38)21(17)25(31)36/h1-9,12,20H,10-11H2/t20-/m1/s1. The molecule has 38 heavy (non-hydrogen) atoms. The monoisotopic (exact) mass is 577 g/mol. The molecule has 0 aromatic heterocycles. The Morgan fingerprint density at radius 3 is 2.32 bits per heavy atom. The fourth-order valence-electron chi connectivity index (χ4n) is 4.04. The van der Waals surface area contributed by atoms with Crippen molar-refractivity contribution in [3.8, 4) is 0 Å². The lowest BCUT2D eigenvalue weighted by molar-refractivity contribution is -0.385. The molecule has 4 rings (SSSR count). The van der Waals surface area contributed by atoms with Gasteiger partial charge in [-0.05, 0) is 55.0 Å². The fraction of sp³-hybridized carbons (Fsp3) is 0.120. The number of benzene rings is 3. The predicted octanol–water partition coefficient (Wildman–Crippen LogP) is 5.57. The molecule has 0 aliphatic carbocycles. The number of hydrogen-bond acceptors (Lipinski definition) is 6. The normalized spacial score (nSPS) is 13.3. The van der Waals surface area contributed by atoms with Crippen molar-refractivity contribution in [3.05, 3.63) is 109 Å². The van der Waals surface area contributed by atoms with Gasteiger partial charge < -0.3 is 0 Å². The van der Waals surface area contributed by atoms with Crippen molar-refractivity contribution < 1.29 is 28.5 Å². The molecule has 194 valence electrons. The maximum Gasteiger partial charge on any atom is 0.287 e. The summed E-state index contributed by atoms with van der Waals surface area (Å²) >= 11 is 18.1. The van der Waals surface area contributed by atoms with Crippen LogP contribution in [-0.4, -0.2) is 50.4 Å². The highest BCUT2D eigenvalue weighted by Gasteiger charge is 2.49. The van der Waals surface area contributed by atoms with Crippen LogP contribution in [0.25, 0.3) is 0 Å². The summed E-state index contributed by atoms with van der Waals surface area (Å²) in [4.78, 5) is 65.2. The van der Waals surface area contributed by atoms with Crippen LogP contribution >= 0.6 is 34.8 Å². The SMILES string of the molecule is O=C(c1ccc(F)cc1)[C@@H](CCCl)N(C(=O)c1ccc(Cl)cc1Cl)N1C(=O)c2cccc([N+](=O)[O-])c2C1=O. The summed E-state index contributed by atoms with van der Waals surface area (Å²) in [6.07, 6.45) is -0.246. The minimum absolute atomic E-state index is 0.0379. The molecule has 3 aromatic carbocycles. The maximum absolute atomic E-state index is 13.9. The first-order valence-corrected chi connectivity index (χ1v) is 12.2. The lowest BCUT2D eigenvalue weighted by Gasteiger charge is -2.36. The third kappa shape index (κ3) is 4.85. The summed E-state index contributed by atoms with van der Waals surface area (Å²) < 4.78 is 13.5. The van der Waals surface area contributed by atoms with E-state index in [9.17, 15) is 33.7 Å². The smallest absolute Gasteiger partial charge is 0.287 e. The van der Waals surface area contributed by atoms with E-state index in [2.05, 4.69) is 0 Å². The van der Waals surface area contributed by atoms with E-state index >= 15 is 0 Å². The number of alkyl halides is 1. The molecule has 0 N–H and O–H groups in total. The summed E-state index contributed by atoms with van der Waals surface area (Å²) in [5.74, 6) is -4.90. The van der Waals surface area contributed by atoms with Crippen molar-refractivity contribution >= 4 is 64.0 Å². The summed E-state index contributed by atoms with van der Waals surface area (Å²) in [7, 11) is 0. The van der Waals surface area contributed by atoms with Gasteiger partial charge in [0.05, 0.1) is 21.1 Å². The molecule has 1 heterocycles. The zero-order valence-corrected chi connectivity index (χ0v) is 21.3. The Labute approximate surface area is 229 Å². The first kappa shape index (κ1) is 27.2. The summed E-state index contributed by atoms with van der Waals surface area (Å²) in [5, 5.41) is 12.6. The molecule has 9 nitrogen and oxygen atoms in total. The molecule has 1 aliphatic heterocycles. The number of nitro benzene ring substituents is 1. The largest absolute Gasteiger partial charge is 0.292 e. The Hall–Kier alpha value is -3.86. The zero-order chi connectivity index (χ0) is 27.7. The Morgan fingerprint density at radius 1 is 1.03 bits per heavy atom. The van der Waals surface area contributed by atoms with E-state index in [4.69, 9.17) is 34.8 Å². The van der Waals surface area contributed by atoms with Crippen molar-refractivity contribution in [3.63, 3.8) is 0 Å². The van der Waals surface area contributed by atoms with Gasteiger partial charge >= 0.3 is 0 Å². The van der Waals surface area contributed by atoms with E-state index in [1.807, 2.05) is 0 Å². The van der Waals surface area contributed by atoms with Gasteiger partial charge in [0.2, 0.25) is 0 Å². The Balaban J connectivity index is 1.91. The van der Waals surface area contributed by atoms with Gasteiger partial charge in [-0.2, -0.15) is 5.01 Å². The van der Waals surface area contributed by atoms with Gasteiger partial charge in [0.25, 0.3) is 23.4 Å². The minimum Gasteiger partial charge on any atom is -0.292 e. The summed E-state index contributed by atoms with van der Waals surface area (Å²) in [6, 6.07) is 10.1. The van der Waals surface area contributed by atoms with Crippen molar-refractivity contribution in [2.24, 2.45) is 0 Å². The molecule has 3 amide bonds. The molecular formula is C25H15Cl3FN3O6. The molecule has 0 fully saturated rings. The van der Waals surface area contributed by atoms with Crippen LogP contribution in [-0.2, 0) is 0 Å². The number of hydrogen-bond donors (Lipinski definition) is 0. The number of imide groups is 1. The lowest BCUT2D eigenvalue weighted by atomic mass is 10.0. The third-order valence-corrected chi connectivity index (χ3v) is 6.53. The van der Waals surface area contributed by atoms with Gasteiger partial charge in [0.15, 0.2) is 5.78 Å². The van der Waals surface area contributed by atoms with Crippen molar-refractivity contribution in [1.29, 1.82) is 0 Å². The highest BCUT2D eigenvalue weighted by atomic mass is 35.5. The number of nitrogens with zero attached hydrogens (tertiary/aromatic N) is 3. The lowest BCUT2D eigenvalue weighted by Crippen LogP contribution is -2.57. The first-order valence-electron chi connectivity index (χ1n) is 10.9. The van der Waals surface area contributed by atoms with E-state index in [1.54, 1.807) is 0 Å². The van der Waals surface area contributed by atoms with Crippen LogP contribution in [0.2, 0.25) is 10.0 Å². The van der Waals surface area contributed by atoms with E-state index in [-0.39, 0.29) is 39.0 Å². The third-order valence-electron chi connectivity index (χ3n) is 5.76. The van der Waals surface area contributed by atoms with E-state index in [0.29, 0.717) is 10.0 Å². The molecule has 0 saturated carbocycles. The Bertz CT molecular complexity index is 1500. The average Bonchev–Trinajstić information content (AvgIpc) is 3.13. The molecule has 0 saturated heterocycles. The minimum atomic E-state index is -1.56. The molecule has 13 heteroatoms. The van der Waals surface area contributed by atoms with Crippen molar-refractivity contribution in [1.82, 2.24) is 10.0 Å². The van der Waals surface area contributed by atoms with E-state index in [0.717, 1.165) is 18.2 Å². The van der Waals surface area contributed by atoms with Gasteiger partial charge in [-0.25, -0.2) is 9.40 Å². The second kappa shape index (κ2) is 10.9. The molecule has 0 spiro atoms. The Kier molecular flexibility index (Phi) is 7.77. The van der Waals surface area contributed by atoms with Crippen LogP contribution in [0, 0.1) is 15.9 Å². The highest BCUT2D eigenvalue weighted by molar-refractivity contribution is 6.37. The number of rotatable bonds is 8. The topological polar surface area (TPSA) is 118 Å². The van der Waals surface area contributed by atoms with Crippen LogP contribution in [0.3, 0.4) is 0 Å². The second-order valence-electron chi connectivity index (χ2n) is 8.02. The van der Waals surface area contributed by atoms with Gasteiger partial charge in [0, 0.05) is 22.5 Å². The number of nitro groups is 1. The summed E-state index contributed by atoms with van der Waals surface area (Å²) in [6.45, 7) is 0. The van der Waals surface area contributed by atoms with E-state index in [1.165, 1.54) is 42.5 Å². The number of Topliss-reactive ketones (excluding diaryl/α,β-unsaturated/α-hetero) is 1. The van der Waals surface area contributed by atoms with Gasteiger partial charge in [-0.1, -0.05) is 29.3 Å². The Morgan fingerprint density at radius 2 is 1.71 bits per heavy atom. The molecular weight excluding hydrogens is 564 g/mol. The maximum atomic E-state index is 13.9. The predicted molar refractivity (Wildman–Crippen MR) is 136 cm³/mol. The second-order valence-corrected chi connectivity index (χ2v) is 9.24.